The lowest BCUT2D eigenvalue weighted by molar-refractivity contribution is 0.210. The quantitative estimate of drug-likeness (QED) is 0.522. The lowest BCUT2D eigenvalue weighted by Gasteiger charge is -2.28. The van der Waals surface area contributed by atoms with Crippen LogP contribution in [0.3, 0.4) is 0 Å². The zero-order valence-corrected chi connectivity index (χ0v) is 19.7. The highest BCUT2D eigenvalue weighted by molar-refractivity contribution is 7.80. The first-order valence-electron chi connectivity index (χ1n) is 11.4. The van der Waals surface area contributed by atoms with E-state index >= 15 is 0 Å². The predicted octanol–water partition coefficient (Wildman–Crippen LogP) is 5.54. The molecule has 32 heavy (non-hydrogen) atoms. The van der Waals surface area contributed by atoms with Gasteiger partial charge < -0.3 is 19.5 Å². The molecule has 1 aliphatic carbocycles. The van der Waals surface area contributed by atoms with Crippen molar-refractivity contribution in [3.63, 3.8) is 0 Å². The summed E-state index contributed by atoms with van der Waals surface area (Å²) in [6, 6.07) is 16.7. The topological polar surface area (TPSA) is 42.3 Å². The molecule has 1 saturated carbocycles. The largest absolute Gasteiger partial charge is 0.490 e. The van der Waals surface area contributed by atoms with Crippen LogP contribution in [0.15, 0.2) is 54.7 Å². The van der Waals surface area contributed by atoms with Crippen molar-refractivity contribution < 1.29 is 4.74 Å². The average molecular weight is 447 g/mol. The molecule has 2 aliphatic rings. The molecule has 166 valence electrons. The number of hydrogen-bond acceptors (Lipinski definition) is 3. The lowest BCUT2D eigenvalue weighted by Crippen LogP contribution is -2.29. The smallest absolute Gasteiger partial charge is 0.174 e. The Balaban J connectivity index is 1.52. The van der Waals surface area contributed by atoms with Gasteiger partial charge in [-0.25, -0.2) is 0 Å². The molecule has 1 aliphatic heterocycles. The summed E-state index contributed by atoms with van der Waals surface area (Å²) in [6.07, 6.45) is 7.04. The van der Waals surface area contributed by atoms with Gasteiger partial charge in [0, 0.05) is 30.3 Å². The van der Waals surface area contributed by atoms with Crippen LogP contribution >= 0.6 is 12.2 Å². The first-order chi connectivity index (χ1) is 15.5. The minimum atomic E-state index is -0.0291. The number of pyridine rings is 1. The van der Waals surface area contributed by atoms with E-state index in [9.17, 15) is 0 Å². The first-order valence-corrected chi connectivity index (χ1v) is 11.8. The Bertz CT molecular complexity index is 1100. The predicted molar refractivity (Wildman–Crippen MR) is 132 cm³/mol. The second-order valence-corrected chi connectivity index (χ2v) is 9.29. The number of anilines is 1. The number of benzene rings is 1. The summed E-state index contributed by atoms with van der Waals surface area (Å²) in [5.74, 6) is 0.934. The Hall–Kier alpha value is -2.86. The molecule has 3 heterocycles. The average Bonchev–Trinajstić information content (AvgIpc) is 3.50. The number of rotatable bonds is 5. The Morgan fingerprint density at radius 1 is 1.06 bits per heavy atom. The monoisotopic (exact) mass is 446 g/mol. The molecule has 0 spiro atoms. The molecule has 5 nitrogen and oxygen atoms in total. The van der Waals surface area contributed by atoms with Crippen molar-refractivity contribution in [1.29, 1.82) is 0 Å². The van der Waals surface area contributed by atoms with Gasteiger partial charge in [-0.3, -0.25) is 4.98 Å². The van der Waals surface area contributed by atoms with Crippen LogP contribution in [-0.2, 0) is 7.05 Å². The molecule has 0 amide bonds. The minimum absolute atomic E-state index is 0.0129. The molecule has 2 atom stereocenters. The van der Waals surface area contributed by atoms with E-state index in [1.165, 1.54) is 29.8 Å². The van der Waals surface area contributed by atoms with Gasteiger partial charge in [0.25, 0.3) is 0 Å². The lowest BCUT2D eigenvalue weighted by atomic mass is 9.96. The van der Waals surface area contributed by atoms with Gasteiger partial charge in [0.2, 0.25) is 0 Å². The number of aryl methyl sites for hydroxylation is 1. The zero-order valence-electron chi connectivity index (χ0n) is 18.9. The number of nitrogens with zero attached hydrogens (tertiary/aromatic N) is 3. The SMILES string of the molecule is Cc1cc([C@H]2[C@H](c3ccccn3)NC(=S)N2c2ccc(OC3CCCC3)cc2)c(C)n1C. The van der Waals surface area contributed by atoms with Crippen molar-refractivity contribution in [2.24, 2.45) is 7.05 Å². The number of nitrogens with one attached hydrogen (secondary N) is 1. The molecule has 0 unspecified atom stereocenters. The van der Waals surface area contributed by atoms with Crippen LogP contribution in [0, 0.1) is 13.8 Å². The van der Waals surface area contributed by atoms with Gasteiger partial charge in [-0.1, -0.05) is 6.07 Å². The van der Waals surface area contributed by atoms with Crippen molar-refractivity contribution in [3.05, 3.63) is 77.4 Å². The van der Waals surface area contributed by atoms with Gasteiger partial charge in [0.05, 0.1) is 23.9 Å². The van der Waals surface area contributed by atoms with E-state index in [0.29, 0.717) is 6.10 Å². The van der Waals surface area contributed by atoms with E-state index < -0.39 is 0 Å². The molecule has 1 saturated heterocycles. The van der Waals surface area contributed by atoms with Gasteiger partial charge in [-0.05, 0) is 99.8 Å². The summed E-state index contributed by atoms with van der Waals surface area (Å²) in [4.78, 5) is 6.89. The van der Waals surface area contributed by atoms with Crippen molar-refractivity contribution >= 4 is 23.0 Å². The van der Waals surface area contributed by atoms with Crippen LogP contribution < -0.4 is 15.0 Å². The number of aromatic nitrogens is 2. The second kappa shape index (κ2) is 8.58. The Kier molecular flexibility index (Phi) is 5.64. The second-order valence-electron chi connectivity index (χ2n) is 8.90. The maximum absolute atomic E-state index is 6.18. The number of hydrogen-bond donors (Lipinski definition) is 1. The fourth-order valence-electron chi connectivity index (χ4n) is 5.02. The molecule has 2 aromatic heterocycles. The third kappa shape index (κ3) is 3.77. The molecule has 5 rings (SSSR count). The maximum atomic E-state index is 6.18. The summed E-state index contributed by atoms with van der Waals surface area (Å²) in [7, 11) is 2.12. The van der Waals surface area contributed by atoms with Crippen molar-refractivity contribution in [1.82, 2.24) is 14.9 Å². The van der Waals surface area contributed by atoms with Crippen LogP contribution in [0.1, 0.15) is 60.4 Å². The van der Waals surface area contributed by atoms with Crippen molar-refractivity contribution in [3.8, 4) is 5.75 Å². The van der Waals surface area contributed by atoms with Gasteiger partial charge in [-0.15, -0.1) is 0 Å². The number of ether oxygens (including phenoxy) is 1. The van der Waals surface area contributed by atoms with E-state index in [4.69, 9.17) is 17.0 Å². The molecule has 1 aromatic carbocycles. The van der Waals surface area contributed by atoms with E-state index in [1.807, 2.05) is 18.3 Å². The summed E-state index contributed by atoms with van der Waals surface area (Å²) >= 11 is 5.86. The zero-order chi connectivity index (χ0) is 22.2. The summed E-state index contributed by atoms with van der Waals surface area (Å²) in [6.45, 7) is 4.32. The van der Waals surface area contributed by atoms with Crippen LogP contribution in [0.25, 0.3) is 0 Å². The molecule has 0 bridgehead atoms. The third-order valence-corrected chi connectivity index (χ3v) is 7.27. The molecule has 1 N–H and O–H groups in total. The van der Waals surface area contributed by atoms with Crippen molar-refractivity contribution in [2.75, 3.05) is 4.90 Å². The van der Waals surface area contributed by atoms with E-state index in [0.717, 1.165) is 35.1 Å². The van der Waals surface area contributed by atoms with Gasteiger partial charge in [0.1, 0.15) is 5.75 Å². The van der Waals surface area contributed by atoms with E-state index in [-0.39, 0.29) is 12.1 Å². The van der Waals surface area contributed by atoms with Gasteiger partial charge in [0.15, 0.2) is 5.11 Å². The standard InChI is InChI=1S/C26H30N4OS/c1-17-16-22(18(2)29(17)3)25-24(23-10-6-7-15-27-23)28-26(32)30(25)19-11-13-21(14-12-19)31-20-8-4-5-9-20/h6-7,10-16,20,24-25H,4-5,8-9H2,1-3H3,(H,28,32)/t24-,25-/m0/s1. The third-order valence-electron chi connectivity index (χ3n) is 6.95. The fraction of sp³-hybridized carbons (Fsp3) is 0.385. The van der Waals surface area contributed by atoms with Crippen LogP contribution in [0.2, 0.25) is 0 Å². The molecule has 6 heteroatoms. The highest BCUT2D eigenvalue weighted by Gasteiger charge is 2.42. The highest BCUT2D eigenvalue weighted by atomic mass is 32.1. The Morgan fingerprint density at radius 2 is 1.81 bits per heavy atom. The van der Waals surface area contributed by atoms with E-state index in [1.54, 1.807) is 0 Å². The van der Waals surface area contributed by atoms with Gasteiger partial charge >= 0.3 is 0 Å². The Morgan fingerprint density at radius 3 is 2.44 bits per heavy atom. The summed E-state index contributed by atoms with van der Waals surface area (Å²) < 4.78 is 8.42. The van der Waals surface area contributed by atoms with Crippen molar-refractivity contribution in [2.45, 2.75) is 57.7 Å². The molecule has 3 aromatic rings. The molecular formula is C26H30N4OS. The van der Waals surface area contributed by atoms with Crippen LogP contribution in [0.5, 0.6) is 5.75 Å². The fourth-order valence-corrected chi connectivity index (χ4v) is 5.36. The normalized spacial score (nSPS) is 21.2. The molecular weight excluding hydrogens is 416 g/mol. The van der Waals surface area contributed by atoms with E-state index in [2.05, 4.69) is 77.1 Å². The maximum Gasteiger partial charge on any atom is 0.174 e. The minimum Gasteiger partial charge on any atom is -0.490 e. The van der Waals surface area contributed by atoms with Gasteiger partial charge in [-0.2, -0.15) is 0 Å². The number of thiocarbonyl (C=S) groups is 1. The molecule has 0 radical (unpaired) electrons. The highest BCUT2D eigenvalue weighted by Crippen LogP contribution is 2.43. The van der Waals surface area contributed by atoms with Crippen LogP contribution in [-0.4, -0.2) is 20.8 Å². The Labute approximate surface area is 195 Å². The van der Waals surface area contributed by atoms with Crippen LogP contribution in [0.4, 0.5) is 5.69 Å². The summed E-state index contributed by atoms with van der Waals surface area (Å²) in [5.41, 5.74) is 5.79. The molecule has 2 fully saturated rings. The first kappa shape index (κ1) is 21.0. The summed E-state index contributed by atoms with van der Waals surface area (Å²) in [5, 5.41) is 4.27.